The second-order valence-corrected chi connectivity index (χ2v) is 5.35. The van der Waals surface area contributed by atoms with E-state index in [-0.39, 0.29) is 0 Å². The van der Waals surface area contributed by atoms with Crippen LogP contribution in [0.3, 0.4) is 0 Å². The first-order chi connectivity index (χ1) is 10.4. The predicted molar refractivity (Wildman–Crippen MR) is 87.6 cm³/mol. The summed E-state index contributed by atoms with van der Waals surface area (Å²) >= 11 is 0. The fourth-order valence-corrected chi connectivity index (χ4v) is 2.49. The lowest BCUT2D eigenvalue weighted by Gasteiger charge is -2.07. The summed E-state index contributed by atoms with van der Waals surface area (Å²) in [6.45, 7) is 3.02. The molecule has 3 heteroatoms. The lowest BCUT2D eigenvalue weighted by Crippen LogP contribution is -1.99. The van der Waals surface area contributed by atoms with Crippen LogP contribution in [0.4, 0.5) is 5.69 Å². The summed E-state index contributed by atoms with van der Waals surface area (Å²) in [6.07, 6.45) is 7.58. The molecule has 2 aromatic heterocycles. The molecule has 0 amide bonds. The summed E-state index contributed by atoms with van der Waals surface area (Å²) in [5.41, 5.74) is 4.94. The molecule has 3 rings (SSSR count). The zero-order chi connectivity index (χ0) is 14.5. The van der Waals surface area contributed by atoms with Gasteiger partial charge in [-0.15, -0.1) is 0 Å². The average Bonchev–Trinajstić information content (AvgIpc) is 2.95. The Kier molecular flexibility index (Phi) is 4.20. The van der Waals surface area contributed by atoms with Crippen LogP contribution in [-0.4, -0.2) is 9.61 Å². The van der Waals surface area contributed by atoms with Gasteiger partial charge in [-0.25, -0.2) is 4.52 Å². The van der Waals surface area contributed by atoms with E-state index in [0.29, 0.717) is 0 Å². The summed E-state index contributed by atoms with van der Waals surface area (Å²) < 4.78 is 1.91. The van der Waals surface area contributed by atoms with E-state index in [4.69, 9.17) is 0 Å². The van der Waals surface area contributed by atoms with Gasteiger partial charge in [-0.3, -0.25) is 0 Å². The highest BCUT2D eigenvalue weighted by Gasteiger charge is 2.02. The number of rotatable bonds is 6. The van der Waals surface area contributed by atoms with Crippen molar-refractivity contribution in [2.75, 3.05) is 5.32 Å². The zero-order valence-corrected chi connectivity index (χ0v) is 12.4. The van der Waals surface area contributed by atoms with Crippen molar-refractivity contribution in [3.8, 4) is 0 Å². The van der Waals surface area contributed by atoms with E-state index in [1.165, 1.54) is 30.4 Å². The van der Waals surface area contributed by atoms with Crippen molar-refractivity contribution in [1.82, 2.24) is 9.61 Å². The van der Waals surface area contributed by atoms with Gasteiger partial charge in [0.2, 0.25) is 0 Å². The van der Waals surface area contributed by atoms with Crippen LogP contribution in [0.2, 0.25) is 0 Å². The first kappa shape index (κ1) is 13.7. The largest absolute Gasteiger partial charge is 0.381 e. The average molecular weight is 279 g/mol. The van der Waals surface area contributed by atoms with Crippen LogP contribution in [0.15, 0.2) is 54.9 Å². The van der Waals surface area contributed by atoms with Crippen molar-refractivity contribution < 1.29 is 0 Å². The van der Waals surface area contributed by atoms with Crippen LogP contribution in [0.1, 0.15) is 30.9 Å². The van der Waals surface area contributed by atoms with Gasteiger partial charge < -0.3 is 5.32 Å². The molecule has 1 N–H and O–H groups in total. The van der Waals surface area contributed by atoms with Crippen molar-refractivity contribution in [2.24, 2.45) is 0 Å². The monoisotopic (exact) mass is 279 g/mol. The van der Waals surface area contributed by atoms with Gasteiger partial charge in [0, 0.05) is 24.0 Å². The maximum Gasteiger partial charge on any atom is 0.0711 e. The Bertz CT molecular complexity index is 698. The molecule has 0 radical (unpaired) electrons. The lowest BCUT2D eigenvalue weighted by atomic mass is 10.1. The summed E-state index contributed by atoms with van der Waals surface area (Å²) in [6, 6.07) is 14.9. The molecular weight excluding hydrogens is 258 g/mol. The first-order valence-corrected chi connectivity index (χ1v) is 7.61. The normalized spacial score (nSPS) is 10.9. The minimum absolute atomic E-state index is 0.793. The van der Waals surface area contributed by atoms with Crippen molar-refractivity contribution in [1.29, 1.82) is 0 Å². The zero-order valence-electron chi connectivity index (χ0n) is 12.4. The molecule has 1 aromatic carbocycles. The van der Waals surface area contributed by atoms with E-state index < -0.39 is 0 Å². The van der Waals surface area contributed by atoms with Crippen molar-refractivity contribution in [3.05, 3.63) is 66.0 Å². The molecular formula is C18H21N3. The molecule has 0 saturated heterocycles. The predicted octanol–water partition coefficient (Wildman–Crippen LogP) is 4.29. The standard InChI is InChI=1S/C18H21N3/c1-2-3-6-15-8-10-17(11-9-15)19-13-16-14-20-21-12-5-4-7-18(16)21/h4-5,7-12,14,19H,2-3,6,13H2,1H3. The number of hydrogen-bond acceptors (Lipinski definition) is 2. The lowest BCUT2D eigenvalue weighted by molar-refractivity contribution is 0.795. The van der Waals surface area contributed by atoms with Gasteiger partial charge in [0.25, 0.3) is 0 Å². The second-order valence-electron chi connectivity index (χ2n) is 5.35. The number of anilines is 1. The first-order valence-electron chi connectivity index (χ1n) is 7.61. The number of aromatic nitrogens is 2. The molecule has 0 fully saturated rings. The van der Waals surface area contributed by atoms with Crippen LogP contribution in [0.5, 0.6) is 0 Å². The van der Waals surface area contributed by atoms with E-state index in [9.17, 15) is 0 Å². The molecule has 108 valence electrons. The molecule has 0 saturated carbocycles. The molecule has 0 spiro atoms. The van der Waals surface area contributed by atoms with Gasteiger partial charge in [0.15, 0.2) is 0 Å². The fourth-order valence-electron chi connectivity index (χ4n) is 2.49. The fraction of sp³-hybridized carbons (Fsp3) is 0.278. The number of benzene rings is 1. The van der Waals surface area contributed by atoms with Gasteiger partial charge in [0.05, 0.1) is 11.7 Å². The topological polar surface area (TPSA) is 29.3 Å². The van der Waals surface area contributed by atoms with Gasteiger partial charge in [-0.1, -0.05) is 31.5 Å². The summed E-state index contributed by atoms with van der Waals surface area (Å²) in [7, 11) is 0. The molecule has 3 aromatic rings. The number of unbranched alkanes of at least 4 members (excludes halogenated alkanes) is 1. The molecule has 0 aliphatic rings. The molecule has 0 aliphatic heterocycles. The maximum absolute atomic E-state index is 4.36. The molecule has 0 atom stereocenters. The summed E-state index contributed by atoms with van der Waals surface area (Å²) in [5, 5.41) is 7.82. The third-order valence-corrected chi connectivity index (χ3v) is 3.76. The van der Waals surface area contributed by atoms with Crippen LogP contribution in [0.25, 0.3) is 5.52 Å². The number of hydrogen-bond donors (Lipinski definition) is 1. The van der Waals surface area contributed by atoms with Crippen LogP contribution in [-0.2, 0) is 13.0 Å². The van der Waals surface area contributed by atoms with E-state index in [0.717, 1.165) is 17.7 Å². The van der Waals surface area contributed by atoms with E-state index >= 15 is 0 Å². The Labute approximate surface area is 125 Å². The summed E-state index contributed by atoms with van der Waals surface area (Å²) in [5.74, 6) is 0. The molecule has 0 bridgehead atoms. The van der Waals surface area contributed by atoms with Gasteiger partial charge >= 0.3 is 0 Å². The number of pyridine rings is 1. The quantitative estimate of drug-likeness (QED) is 0.729. The Morgan fingerprint density at radius 3 is 2.76 bits per heavy atom. The highest BCUT2D eigenvalue weighted by molar-refractivity contribution is 5.55. The third kappa shape index (κ3) is 3.24. The van der Waals surface area contributed by atoms with Crippen molar-refractivity contribution >= 4 is 11.2 Å². The highest BCUT2D eigenvalue weighted by atomic mass is 15.2. The second kappa shape index (κ2) is 6.44. The smallest absolute Gasteiger partial charge is 0.0711 e. The molecule has 2 heterocycles. The van der Waals surface area contributed by atoms with E-state index in [1.54, 1.807) is 0 Å². The van der Waals surface area contributed by atoms with Gasteiger partial charge in [-0.05, 0) is 42.7 Å². The number of nitrogens with one attached hydrogen (secondary N) is 1. The number of fused-ring (bicyclic) bond motifs is 1. The Hall–Kier alpha value is -2.29. The number of aryl methyl sites for hydroxylation is 1. The third-order valence-electron chi connectivity index (χ3n) is 3.76. The highest BCUT2D eigenvalue weighted by Crippen LogP contribution is 2.15. The minimum atomic E-state index is 0.793. The minimum Gasteiger partial charge on any atom is -0.381 e. The van der Waals surface area contributed by atoms with Crippen LogP contribution >= 0.6 is 0 Å². The van der Waals surface area contributed by atoms with Gasteiger partial charge in [-0.2, -0.15) is 5.10 Å². The Balaban J connectivity index is 1.64. The summed E-state index contributed by atoms with van der Waals surface area (Å²) in [4.78, 5) is 0. The molecule has 0 unspecified atom stereocenters. The van der Waals surface area contributed by atoms with E-state index in [1.807, 2.05) is 29.0 Å². The van der Waals surface area contributed by atoms with E-state index in [2.05, 4.69) is 47.7 Å². The molecule has 3 nitrogen and oxygen atoms in total. The maximum atomic E-state index is 4.36. The van der Waals surface area contributed by atoms with Crippen molar-refractivity contribution in [3.63, 3.8) is 0 Å². The molecule has 21 heavy (non-hydrogen) atoms. The number of nitrogens with zero attached hydrogens (tertiary/aromatic N) is 2. The van der Waals surface area contributed by atoms with Gasteiger partial charge in [0.1, 0.15) is 0 Å². The SMILES string of the molecule is CCCCc1ccc(NCc2cnn3ccccc23)cc1. The van der Waals surface area contributed by atoms with Crippen molar-refractivity contribution in [2.45, 2.75) is 32.7 Å². The molecule has 0 aliphatic carbocycles. The van der Waals surface area contributed by atoms with Crippen LogP contribution < -0.4 is 5.32 Å². The Morgan fingerprint density at radius 1 is 1.10 bits per heavy atom. The van der Waals surface area contributed by atoms with Crippen LogP contribution in [0, 0.1) is 0 Å². The Morgan fingerprint density at radius 2 is 1.95 bits per heavy atom.